The number of allylic oxidation sites excluding steroid dienone is 2. The smallest absolute Gasteiger partial charge is 0.266 e. The Morgan fingerprint density at radius 3 is 2.83 bits per heavy atom. The first-order chi connectivity index (χ1) is 14.0. The minimum absolute atomic E-state index is 0.0337. The molecule has 1 aromatic carbocycles. The molecule has 2 aliphatic rings. The summed E-state index contributed by atoms with van der Waals surface area (Å²) in [6, 6.07) is 9.22. The molecule has 2 fully saturated rings. The SMILES string of the molecule is CC(C(=O)N1CCCCC1CCO)N1C(=O)C(=CC=Cc2ccccc2)SC1=S. The molecule has 1 aromatic rings. The third kappa shape index (κ3) is 5.15. The van der Waals surface area contributed by atoms with E-state index < -0.39 is 6.04 Å². The maximum atomic E-state index is 13.1. The van der Waals surface area contributed by atoms with Gasteiger partial charge in [0.25, 0.3) is 5.91 Å². The van der Waals surface area contributed by atoms with Gasteiger partial charge in [0.15, 0.2) is 0 Å². The molecule has 0 saturated carbocycles. The van der Waals surface area contributed by atoms with Crippen molar-refractivity contribution in [2.45, 2.75) is 44.7 Å². The van der Waals surface area contributed by atoms with Gasteiger partial charge in [-0.2, -0.15) is 0 Å². The summed E-state index contributed by atoms with van der Waals surface area (Å²) in [5.41, 5.74) is 1.04. The number of thiocarbonyl (C=S) groups is 1. The van der Waals surface area contributed by atoms with Gasteiger partial charge in [-0.05, 0) is 44.2 Å². The molecule has 1 N–H and O–H groups in total. The maximum absolute atomic E-state index is 13.1. The normalized spacial score (nSPS) is 22.7. The summed E-state index contributed by atoms with van der Waals surface area (Å²) in [7, 11) is 0. The third-order valence-electron chi connectivity index (χ3n) is 5.28. The van der Waals surface area contributed by atoms with Gasteiger partial charge in [0.2, 0.25) is 5.91 Å². The highest BCUT2D eigenvalue weighted by molar-refractivity contribution is 8.26. The summed E-state index contributed by atoms with van der Waals surface area (Å²) in [6.07, 6.45) is 8.97. The van der Waals surface area contributed by atoms with E-state index in [1.54, 1.807) is 13.0 Å². The second-order valence-corrected chi connectivity index (χ2v) is 8.89. The van der Waals surface area contributed by atoms with Crippen LogP contribution in [0.3, 0.4) is 0 Å². The fourth-order valence-electron chi connectivity index (χ4n) is 3.73. The van der Waals surface area contributed by atoms with Gasteiger partial charge >= 0.3 is 0 Å². The fraction of sp³-hybridized carbons (Fsp3) is 0.409. The van der Waals surface area contributed by atoms with Crippen LogP contribution in [0.15, 0.2) is 47.4 Å². The van der Waals surface area contributed by atoms with E-state index in [-0.39, 0.29) is 24.5 Å². The van der Waals surface area contributed by atoms with Gasteiger partial charge in [0.1, 0.15) is 10.4 Å². The van der Waals surface area contributed by atoms with Gasteiger partial charge in [-0.25, -0.2) is 0 Å². The largest absolute Gasteiger partial charge is 0.396 e. The zero-order chi connectivity index (χ0) is 20.8. The van der Waals surface area contributed by atoms with E-state index in [1.807, 2.05) is 47.4 Å². The van der Waals surface area contributed by atoms with E-state index in [9.17, 15) is 14.7 Å². The molecule has 0 spiro atoms. The lowest BCUT2D eigenvalue weighted by atomic mass is 9.98. The number of benzene rings is 1. The quantitative estimate of drug-likeness (QED) is 0.552. The van der Waals surface area contributed by atoms with Gasteiger partial charge in [0.05, 0.1) is 4.91 Å². The van der Waals surface area contributed by atoms with E-state index in [4.69, 9.17) is 12.2 Å². The first kappa shape index (κ1) is 21.7. The number of likely N-dealkylation sites (tertiary alicyclic amines) is 1. The first-order valence-electron chi connectivity index (χ1n) is 9.93. The Balaban J connectivity index is 1.70. The molecular formula is C22H26N2O3S2. The van der Waals surface area contributed by atoms with Gasteiger partial charge in [0, 0.05) is 19.2 Å². The fourth-order valence-corrected chi connectivity index (χ4v) is 5.10. The van der Waals surface area contributed by atoms with Crippen molar-refractivity contribution >= 4 is 46.2 Å². The van der Waals surface area contributed by atoms with E-state index >= 15 is 0 Å². The van der Waals surface area contributed by atoms with Gasteiger partial charge in [-0.1, -0.05) is 66.5 Å². The van der Waals surface area contributed by atoms with Crippen molar-refractivity contribution in [1.82, 2.24) is 9.80 Å². The van der Waals surface area contributed by atoms with Crippen LogP contribution >= 0.6 is 24.0 Å². The number of piperidine rings is 1. The summed E-state index contributed by atoms with van der Waals surface area (Å²) in [6.45, 7) is 2.46. The number of hydrogen-bond acceptors (Lipinski definition) is 5. The van der Waals surface area contributed by atoms with Crippen LogP contribution in [0.5, 0.6) is 0 Å². The summed E-state index contributed by atoms with van der Waals surface area (Å²) < 4.78 is 0.408. The van der Waals surface area contributed by atoms with Crippen LogP contribution in [0.2, 0.25) is 0 Å². The lowest BCUT2D eigenvalue weighted by Gasteiger charge is -2.38. The summed E-state index contributed by atoms with van der Waals surface area (Å²) in [5.74, 6) is -0.324. The molecule has 2 saturated heterocycles. The van der Waals surface area contributed by atoms with E-state index in [2.05, 4.69) is 0 Å². The standard InChI is InChI=1S/C22H26N2O3S2/c1-16(20(26)23-14-6-5-11-18(23)13-15-25)24-21(27)19(29-22(24)28)12-7-10-17-8-3-2-4-9-17/h2-4,7-10,12,16,18,25H,5-6,11,13-15H2,1H3. The van der Waals surface area contributed by atoms with Crippen LogP contribution in [-0.2, 0) is 9.59 Å². The highest BCUT2D eigenvalue weighted by Gasteiger charge is 2.40. The summed E-state index contributed by atoms with van der Waals surface area (Å²) in [4.78, 5) is 29.8. The highest BCUT2D eigenvalue weighted by Crippen LogP contribution is 2.33. The molecule has 7 heteroatoms. The number of nitrogens with zero attached hydrogens (tertiary/aromatic N) is 2. The highest BCUT2D eigenvalue weighted by atomic mass is 32.2. The van der Waals surface area contributed by atoms with Gasteiger partial charge < -0.3 is 10.0 Å². The number of carbonyl (C=O) groups is 2. The predicted octanol–water partition coefficient (Wildman–Crippen LogP) is 3.60. The Labute approximate surface area is 181 Å². The molecule has 3 rings (SSSR count). The van der Waals surface area contributed by atoms with E-state index in [1.165, 1.54) is 16.7 Å². The maximum Gasteiger partial charge on any atom is 0.266 e. The average molecular weight is 431 g/mol. The van der Waals surface area contributed by atoms with E-state index in [0.717, 1.165) is 24.8 Å². The Kier molecular flexibility index (Phi) is 7.64. The number of hydrogen-bond donors (Lipinski definition) is 1. The average Bonchev–Trinajstić information content (AvgIpc) is 3.01. The van der Waals surface area contributed by atoms with Crippen molar-refractivity contribution in [1.29, 1.82) is 0 Å². The summed E-state index contributed by atoms with van der Waals surface area (Å²) in [5, 5.41) is 9.31. The van der Waals surface area contributed by atoms with Crippen molar-refractivity contribution in [2.24, 2.45) is 0 Å². The molecular weight excluding hydrogens is 404 g/mol. The molecule has 2 aliphatic heterocycles. The topological polar surface area (TPSA) is 60.9 Å². The van der Waals surface area contributed by atoms with Gasteiger partial charge in [-0.3, -0.25) is 14.5 Å². The summed E-state index contributed by atoms with van der Waals surface area (Å²) >= 11 is 6.64. The van der Waals surface area contributed by atoms with Crippen molar-refractivity contribution in [3.8, 4) is 0 Å². The minimum atomic E-state index is -0.647. The second kappa shape index (κ2) is 10.2. The first-order valence-corrected chi connectivity index (χ1v) is 11.2. The van der Waals surface area contributed by atoms with Crippen molar-refractivity contribution in [3.05, 3.63) is 53.0 Å². The van der Waals surface area contributed by atoms with Crippen LogP contribution in [0.1, 0.15) is 38.2 Å². The zero-order valence-electron chi connectivity index (χ0n) is 16.5. The van der Waals surface area contributed by atoms with Crippen molar-refractivity contribution in [2.75, 3.05) is 13.2 Å². The zero-order valence-corrected chi connectivity index (χ0v) is 18.1. The van der Waals surface area contributed by atoms with Crippen LogP contribution in [-0.4, -0.2) is 56.3 Å². The molecule has 2 heterocycles. The van der Waals surface area contributed by atoms with Gasteiger partial charge in [-0.15, -0.1) is 0 Å². The predicted molar refractivity (Wildman–Crippen MR) is 121 cm³/mol. The number of amides is 2. The minimum Gasteiger partial charge on any atom is -0.396 e. The third-order valence-corrected chi connectivity index (χ3v) is 6.63. The Morgan fingerprint density at radius 2 is 2.10 bits per heavy atom. The van der Waals surface area contributed by atoms with Crippen LogP contribution in [0.25, 0.3) is 6.08 Å². The molecule has 5 nitrogen and oxygen atoms in total. The Morgan fingerprint density at radius 1 is 1.34 bits per heavy atom. The molecule has 2 amide bonds. The number of aliphatic hydroxyl groups is 1. The number of carbonyl (C=O) groups excluding carboxylic acids is 2. The lowest BCUT2D eigenvalue weighted by Crippen LogP contribution is -2.53. The molecule has 0 bridgehead atoms. The monoisotopic (exact) mass is 430 g/mol. The second-order valence-electron chi connectivity index (χ2n) is 7.21. The Hall–Kier alpha value is -1.96. The molecule has 29 heavy (non-hydrogen) atoms. The van der Waals surface area contributed by atoms with Crippen LogP contribution < -0.4 is 0 Å². The molecule has 2 atom stereocenters. The lowest BCUT2D eigenvalue weighted by molar-refractivity contribution is -0.142. The Bertz CT molecular complexity index is 821. The van der Waals surface area contributed by atoms with Crippen molar-refractivity contribution in [3.63, 3.8) is 0 Å². The molecule has 0 aliphatic carbocycles. The molecule has 2 unspecified atom stereocenters. The van der Waals surface area contributed by atoms with Crippen molar-refractivity contribution < 1.29 is 14.7 Å². The van der Waals surface area contributed by atoms with E-state index in [0.29, 0.717) is 22.2 Å². The molecule has 154 valence electrons. The number of rotatable bonds is 6. The number of aliphatic hydroxyl groups excluding tert-OH is 1. The van der Waals surface area contributed by atoms with Crippen LogP contribution in [0.4, 0.5) is 0 Å². The molecule has 0 aromatic heterocycles. The van der Waals surface area contributed by atoms with Crippen LogP contribution in [0, 0.1) is 0 Å². The number of thioether (sulfide) groups is 1. The molecule has 0 radical (unpaired) electrons.